The van der Waals surface area contributed by atoms with Gasteiger partial charge in [0, 0.05) is 31.0 Å². The Balaban J connectivity index is 1.75. The predicted octanol–water partition coefficient (Wildman–Crippen LogP) is 5.30. The second-order valence-corrected chi connectivity index (χ2v) is 12.0. The maximum atomic E-state index is 14.0. The van der Waals surface area contributed by atoms with Crippen LogP contribution in [0.3, 0.4) is 0 Å². The van der Waals surface area contributed by atoms with E-state index in [2.05, 4.69) is 16.5 Å². The van der Waals surface area contributed by atoms with Crippen LogP contribution in [0.5, 0.6) is 0 Å². The van der Waals surface area contributed by atoms with E-state index < -0.39 is 51.8 Å². The number of sulfonamides is 1. The number of hydrogen-bond donors (Lipinski definition) is 1. The van der Waals surface area contributed by atoms with E-state index in [1.54, 1.807) is 4.90 Å². The highest BCUT2D eigenvalue weighted by atomic mass is 32.2. The summed E-state index contributed by atoms with van der Waals surface area (Å²) < 4.78 is 109. The number of aromatic amines is 1. The number of benzene rings is 1. The Kier molecular flexibility index (Phi) is 5.57. The van der Waals surface area contributed by atoms with Crippen molar-refractivity contribution < 1.29 is 34.8 Å². The van der Waals surface area contributed by atoms with Gasteiger partial charge in [-0.1, -0.05) is 12.2 Å². The lowest BCUT2D eigenvalue weighted by atomic mass is 9.41. The summed E-state index contributed by atoms with van der Waals surface area (Å²) in [6.07, 6.45) is 0.347. The van der Waals surface area contributed by atoms with Crippen LogP contribution in [0.15, 0.2) is 31.2 Å². The van der Waals surface area contributed by atoms with Gasteiger partial charge < -0.3 is 9.88 Å². The molecule has 0 amide bonds. The topological polar surface area (TPSA) is 69.3 Å². The molecule has 0 unspecified atom stereocenters. The number of aromatic nitrogens is 2. The largest absolute Gasteiger partial charge is 0.511 e. The molecule has 2 aromatic rings. The van der Waals surface area contributed by atoms with Crippen LogP contribution in [-0.2, 0) is 29.3 Å². The first-order valence-corrected chi connectivity index (χ1v) is 12.8. The molecule has 4 aliphatic rings. The number of hydrogen-bond acceptors (Lipinski definition) is 4. The van der Waals surface area contributed by atoms with E-state index in [4.69, 9.17) is 0 Å². The van der Waals surface area contributed by atoms with Crippen LogP contribution < -0.4 is 4.90 Å². The fourth-order valence-corrected chi connectivity index (χ4v) is 6.98. The van der Waals surface area contributed by atoms with Crippen molar-refractivity contribution in [1.82, 2.24) is 14.3 Å². The summed E-state index contributed by atoms with van der Waals surface area (Å²) in [5, 5.41) is 0. The van der Waals surface area contributed by atoms with Gasteiger partial charge in [-0.3, -0.25) is 0 Å². The normalized spacial score (nSPS) is 26.6. The van der Waals surface area contributed by atoms with Crippen LogP contribution in [0.2, 0.25) is 0 Å². The Bertz CT molecular complexity index is 1290. The Morgan fingerprint density at radius 1 is 1.19 bits per heavy atom. The van der Waals surface area contributed by atoms with Gasteiger partial charge in [0.15, 0.2) is 0 Å². The molecule has 13 heteroatoms. The number of alkyl halides is 6. The van der Waals surface area contributed by atoms with Gasteiger partial charge in [0.1, 0.15) is 0 Å². The number of halogens is 6. The molecule has 2 heterocycles. The van der Waals surface area contributed by atoms with Crippen molar-refractivity contribution in [2.45, 2.75) is 57.0 Å². The van der Waals surface area contributed by atoms with E-state index in [0.717, 1.165) is 25.3 Å². The van der Waals surface area contributed by atoms with E-state index >= 15 is 0 Å². The standard InChI is InChI=1S/C23H24F6N4O2S/c1-13(2)20-16-10-32(36(34,35)23(27,28)29)11-19(21-5-14(6-21)7-21)33(9-15-8-30-12-31-15)18(16)4-3-17(20)22(24,25)26/h3-4,8,12,14,19H,1,5-7,9-11H2,2H3,(H,30,31)/t14?,19-,21?/m0/s1. The van der Waals surface area contributed by atoms with E-state index in [1.807, 2.05) is 0 Å². The van der Waals surface area contributed by atoms with Gasteiger partial charge in [-0.25, -0.2) is 13.4 Å². The van der Waals surface area contributed by atoms with Gasteiger partial charge >= 0.3 is 21.7 Å². The fraction of sp³-hybridized carbons (Fsp3) is 0.522. The molecule has 6 rings (SSSR count). The van der Waals surface area contributed by atoms with Crippen LogP contribution >= 0.6 is 0 Å². The Morgan fingerprint density at radius 3 is 2.33 bits per heavy atom. The first kappa shape index (κ1) is 25.1. The van der Waals surface area contributed by atoms with Crippen LogP contribution in [0.25, 0.3) is 5.57 Å². The Morgan fingerprint density at radius 2 is 1.86 bits per heavy atom. The van der Waals surface area contributed by atoms with E-state index in [1.165, 1.54) is 25.5 Å². The van der Waals surface area contributed by atoms with E-state index in [9.17, 15) is 34.8 Å². The molecule has 0 spiro atoms. The van der Waals surface area contributed by atoms with E-state index in [0.29, 0.717) is 15.9 Å². The zero-order valence-corrected chi connectivity index (χ0v) is 20.1. The maximum Gasteiger partial charge on any atom is 0.511 e. The summed E-state index contributed by atoms with van der Waals surface area (Å²) in [4.78, 5) is 8.67. The number of fused-ring (bicyclic) bond motifs is 1. The van der Waals surface area contributed by atoms with Crippen molar-refractivity contribution in [2.75, 3.05) is 11.4 Å². The number of imidazole rings is 1. The minimum Gasteiger partial charge on any atom is -0.360 e. The van der Waals surface area contributed by atoms with Gasteiger partial charge in [-0.05, 0) is 60.8 Å². The second kappa shape index (κ2) is 7.98. The zero-order valence-electron chi connectivity index (χ0n) is 19.2. The van der Waals surface area contributed by atoms with Crippen LogP contribution in [0, 0.1) is 11.3 Å². The molecule has 196 valence electrons. The lowest BCUT2D eigenvalue weighted by Crippen LogP contribution is -2.66. The molecule has 1 aromatic heterocycles. The molecular formula is C23H24F6N4O2S. The van der Waals surface area contributed by atoms with Crippen molar-refractivity contribution in [2.24, 2.45) is 11.3 Å². The molecule has 0 saturated heterocycles. The molecule has 3 saturated carbocycles. The summed E-state index contributed by atoms with van der Waals surface area (Å²) in [7, 11) is -5.83. The van der Waals surface area contributed by atoms with E-state index in [-0.39, 0.29) is 28.9 Å². The average molecular weight is 535 g/mol. The number of H-pyrrole nitrogens is 1. The highest BCUT2D eigenvalue weighted by Gasteiger charge is 2.63. The summed E-state index contributed by atoms with van der Waals surface area (Å²) in [5.41, 5.74) is -6.74. The predicted molar refractivity (Wildman–Crippen MR) is 120 cm³/mol. The Hall–Kier alpha value is -2.54. The minimum absolute atomic E-state index is 0.0195. The van der Waals surface area contributed by atoms with Gasteiger partial charge in [-0.2, -0.15) is 30.6 Å². The molecular weight excluding hydrogens is 510 g/mol. The number of allylic oxidation sites excluding steroid dienone is 1. The van der Waals surface area contributed by atoms with Crippen LogP contribution in [0.1, 0.15) is 48.6 Å². The summed E-state index contributed by atoms with van der Waals surface area (Å²) >= 11 is 0. The maximum absolute atomic E-state index is 14.0. The molecule has 1 N–H and O–H groups in total. The first-order chi connectivity index (χ1) is 16.6. The van der Waals surface area contributed by atoms with Crippen molar-refractivity contribution in [3.63, 3.8) is 0 Å². The minimum atomic E-state index is -5.83. The molecule has 36 heavy (non-hydrogen) atoms. The van der Waals surface area contributed by atoms with Crippen molar-refractivity contribution in [1.29, 1.82) is 0 Å². The average Bonchev–Trinajstić information content (AvgIpc) is 3.14. The number of rotatable bonds is 5. The highest BCUT2D eigenvalue weighted by molar-refractivity contribution is 7.89. The van der Waals surface area contributed by atoms with Crippen molar-refractivity contribution in [3.8, 4) is 0 Å². The number of nitrogens with zero attached hydrogens (tertiary/aromatic N) is 3. The first-order valence-electron chi connectivity index (χ1n) is 11.3. The van der Waals surface area contributed by atoms with Crippen LogP contribution in [-0.4, -0.2) is 40.8 Å². The molecule has 2 bridgehead atoms. The quantitative estimate of drug-likeness (QED) is 0.529. The molecule has 6 nitrogen and oxygen atoms in total. The third-order valence-electron chi connectivity index (χ3n) is 7.74. The molecule has 1 aliphatic heterocycles. The fourth-order valence-electron chi connectivity index (χ4n) is 6.05. The molecule has 0 radical (unpaired) electrons. The smallest absolute Gasteiger partial charge is 0.360 e. The number of anilines is 1. The number of nitrogens with one attached hydrogen (secondary N) is 1. The van der Waals surface area contributed by atoms with Crippen LogP contribution in [0.4, 0.5) is 32.0 Å². The van der Waals surface area contributed by atoms with Gasteiger partial charge in [-0.15, -0.1) is 0 Å². The summed E-state index contributed by atoms with van der Waals surface area (Å²) in [6, 6.07) is 1.47. The molecule has 3 aliphatic carbocycles. The lowest BCUT2D eigenvalue weighted by molar-refractivity contribution is -0.137. The third-order valence-corrected chi connectivity index (χ3v) is 9.28. The van der Waals surface area contributed by atoms with Crippen molar-refractivity contribution in [3.05, 3.63) is 53.6 Å². The lowest BCUT2D eigenvalue weighted by Gasteiger charge is -2.67. The SMILES string of the molecule is C=C(C)c1c(C(F)(F)F)ccc2c1CN(S(=O)(=O)C(F)(F)F)C[C@@H](C13CC(C1)C3)N2Cc1cnc[nH]1. The molecule has 3 fully saturated rings. The highest BCUT2D eigenvalue weighted by Crippen LogP contribution is 2.68. The van der Waals surface area contributed by atoms with Crippen molar-refractivity contribution >= 4 is 21.3 Å². The second-order valence-electron chi connectivity index (χ2n) is 10.1. The van der Waals surface area contributed by atoms with Gasteiger partial charge in [0.05, 0.1) is 24.1 Å². The monoisotopic (exact) mass is 534 g/mol. The summed E-state index contributed by atoms with van der Waals surface area (Å²) in [6.45, 7) is 3.76. The molecule has 1 atom stereocenters. The van der Waals surface area contributed by atoms with Gasteiger partial charge in [0.25, 0.3) is 0 Å². The third kappa shape index (κ3) is 3.82. The zero-order chi connectivity index (χ0) is 26.3. The molecule has 1 aromatic carbocycles. The summed E-state index contributed by atoms with van der Waals surface area (Å²) in [5.74, 6) is 0.438. The Labute approximate surface area is 204 Å². The van der Waals surface area contributed by atoms with Gasteiger partial charge in [0.2, 0.25) is 0 Å².